The van der Waals surface area contributed by atoms with Crippen molar-refractivity contribution in [1.29, 1.82) is 0 Å². The molecule has 0 aliphatic carbocycles. The molecule has 0 bridgehead atoms. The molecule has 0 saturated carbocycles. The molecule has 5 heteroatoms. The van der Waals surface area contributed by atoms with Gasteiger partial charge in [0, 0.05) is 24.5 Å². The number of nitrogens with zero attached hydrogens (tertiary/aromatic N) is 3. The Morgan fingerprint density at radius 3 is 2.95 bits per heavy atom. The van der Waals surface area contributed by atoms with Gasteiger partial charge in [0.1, 0.15) is 16.9 Å². The second kappa shape index (κ2) is 5.11. The average molecular weight is 273 g/mol. The third-order valence-electron chi connectivity index (χ3n) is 3.16. The molecular formula is C14H15N3OS. The number of imidazole rings is 1. The zero-order valence-electron chi connectivity index (χ0n) is 10.7. The third-order valence-corrected chi connectivity index (χ3v) is 4.04. The van der Waals surface area contributed by atoms with E-state index in [4.69, 9.17) is 0 Å². The molecule has 0 saturated heterocycles. The fourth-order valence-electron chi connectivity index (χ4n) is 2.29. The lowest BCUT2D eigenvalue weighted by Gasteiger charge is -2.09. The lowest BCUT2D eigenvalue weighted by molar-refractivity contribution is 0.174. The largest absolute Gasteiger partial charge is 0.385 e. The van der Waals surface area contributed by atoms with Gasteiger partial charge in [-0.05, 0) is 19.1 Å². The SMILES string of the molecule is CCn1c(CC(O)c2nccs2)nc2ccccc21. The molecule has 1 atom stereocenters. The fraction of sp³-hybridized carbons (Fsp3) is 0.286. The van der Waals surface area contributed by atoms with Gasteiger partial charge in [0.2, 0.25) is 0 Å². The van der Waals surface area contributed by atoms with E-state index in [1.54, 1.807) is 6.20 Å². The maximum Gasteiger partial charge on any atom is 0.122 e. The van der Waals surface area contributed by atoms with E-state index in [1.165, 1.54) is 11.3 Å². The van der Waals surface area contributed by atoms with E-state index in [9.17, 15) is 5.11 Å². The van der Waals surface area contributed by atoms with Gasteiger partial charge in [0.25, 0.3) is 0 Å². The van der Waals surface area contributed by atoms with Crippen molar-refractivity contribution in [3.63, 3.8) is 0 Å². The molecule has 3 aromatic rings. The Morgan fingerprint density at radius 2 is 2.21 bits per heavy atom. The minimum atomic E-state index is -0.581. The molecule has 0 radical (unpaired) electrons. The minimum absolute atomic E-state index is 0.496. The van der Waals surface area contributed by atoms with Gasteiger partial charge in [-0.2, -0.15) is 0 Å². The number of benzene rings is 1. The highest BCUT2D eigenvalue weighted by molar-refractivity contribution is 7.09. The van der Waals surface area contributed by atoms with Crippen LogP contribution in [0, 0.1) is 0 Å². The maximum absolute atomic E-state index is 10.2. The first-order valence-electron chi connectivity index (χ1n) is 6.31. The predicted molar refractivity (Wildman–Crippen MR) is 76.2 cm³/mol. The highest BCUT2D eigenvalue weighted by Crippen LogP contribution is 2.23. The molecule has 0 amide bonds. The standard InChI is InChI=1S/C14H15N3OS/c1-2-17-11-6-4-3-5-10(11)16-13(17)9-12(18)14-15-7-8-19-14/h3-8,12,18H,2,9H2,1H3. The van der Waals surface area contributed by atoms with Crippen molar-refractivity contribution in [1.82, 2.24) is 14.5 Å². The molecule has 98 valence electrons. The van der Waals surface area contributed by atoms with Crippen LogP contribution in [-0.2, 0) is 13.0 Å². The van der Waals surface area contributed by atoms with Crippen molar-refractivity contribution in [3.05, 3.63) is 46.7 Å². The summed E-state index contributed by atoms with van der Waals surface area (Å²) >= 11 is 1.47. The number of hydrogen-bond donors (Lipinski definition) is 1. The summed E-state index contributed by atoms with van der Waals surface area (Å²) in [6.07, 6.45) is 1.63. The molecule has 2 heterocycles. The number of rotatable bonds is 4. The Labute approximate surface area is 115 Å². The zero-order chi connectivity index (χ0) is 13.2. The van der Waals surface area contributed by atoms with E-state index in [0.29, 0.717) is 6.42 Å². The zero-order valence-corrected chi connectivity index (χ0v) is 11.5. The molecule has 1 N–H and O–H groups in total. The number of aliphatic hydroxyl groups is 1. The summed E-state index contributed by atoms with van der Waals surface area (Å²) in [5.74, 6) is 0.909. The lowest BCUT2D eigenvalue weighted by atomic mass is 10.2. The van der Waals surface area contributed by atoms with Gasteiger partial charge >= 0.3 is 0 Å². The smallest absolute Gasteiger partial charge is 0.122 e. The second-order valence-electron chi connectivity index (χ2n) is 4.35. The predicted octanol–water partition coefficient (Wildman–Crippen LogP) is 2.79. The van der Waals surface area contributed by atoms with Crippen molar-refractivity contribution in [2.75, 3.05) is 0 Å². The van der Waals surface area contributed by atoms with Crippen LogP contribution in [0.4, 0.5) is 0 Å². The van der Waals surface area contributed by atoms with Crippen LogP contribution in [0.2, 0.25) is 0 Å². The van der Waals surface area contributed by atoms with Gasteiger partial charge in [-0.3, -0.25) is 0 Å². The normalized spacial score (nSPS) is 12.9. The van der Waals surface area contributed by atoms with Crippen LogP contribution in [0.15, 0.2) is 35.8 Å². The van der Waals surface area contributed by atoms with E-state index in [0.717, 1.165) is 28.4 Å². The molecule has 19 heavy (non-hydrogen) atoms. The molecular weight excluding hydrogens is 258 g/mol. The highest BCUT2D eigenvalue weighted by atomic mass is 32.1. The number of hydrogen-bond acceptors (Lipinski definition) is 4. The van der Waals surface area contributed by atoms with Gasteiger partial charge in [0.15, 0.2) is 0 Å². The summed E-state index contributed by atoms with van der Waals surface area (Å²) in [5, 5.41) is 12.8. The molecule has 0 aliphatic rings. The number of aryl methyl sites for hydroxylation is 1. The van der Waals surface area contributed by atoms with Crippen LogP contribution >= 0.6 is 11.3 Å². The van der Waals surface area contributed by atoms with Crippen molar-refractivity contribution in [2.45, 2.75) is 26.0 Å². The molecule has 0 spiro atoms. The van der Waals surface area contributed by atoms with Gasteiger partial charge in [0.05, 0.1) is 11.0 Å². The molecule has 3 rings (SSSR count). The molecule has 2 aromatic heterocycles. The van der Waals surface area contributed by atoms with Crippen LogP contribution in [0.3, 0.4) is 0 Å². The van der Waals surface area contributed by atoms with Crippen LogP contribution in [0.5, 0.6) is 0 Å². The molecule has 1 unspecified atom stereocenters. The van der Waals surface area contributed by atoms with E-state index in [2.05, 4.69) is 27.5 Å². The number of aromatic nitrogens is 3. The summed E-state index contributed by atoms with van der Waals surface area (Å²) in [6.45, 7) is 2.94. The lowest BCUT2D eigenvalue weighted by Crippen LogP contribution is -2.08. The molecule has 1 aromatic carbocycles. The van der Waals surface area contributed by atoms with Crippen molar-refractivity contribution in [3.8, 4) is 0 Å². The Balaban J connectivity index is 1.96. The fourth-order valence-corrected chi connectivity index (χ4v) is 2.92. The summed E-state index contributed by atoms with van der Waals surface area (Å²) in [7, 11) is 0. The Bertz CT molecular complexity index is 675. The first kappa shape index (κ1) is 12.3. The summed E-state index contributed by atoms with van der Waals surface area (Å²) in [6, 6.07) is 8.06. The van der Waals surface area contributed by atoms with E-state index < -0.39 is 6.10 Å². The van der Waals surface area contributed by atoms with Crippen LogP contribution in [0.1, 0.15) is 23.9 Å². The van der Waals surface area contributed by atoms with Crippen molar-refractivity contribution >= 4 is 22.4 Å². The number of thiazole rings is 1. The van der Waals surface area contributed by atoms with Crippen LogP contribution in [-0.4, -0.2) is 19.6 Å². The Hall–Kier alpha value is -1.72. The molecule has 4 nitrogen and oxygen atoms in total. The van der Waals surface area contributed by atoms with Gasteiger partial charge < -0.3 is 9.67 Å². The van der Waals surface area contributed by atoms with Gasteiger partial charge in [-0.25, -0.2) is 9.97 Å². The van der Waals surface area contributed by atoms with E-state index >= 15 is 0 Å². The van der Waals surface area contributed by atoms with Gasteiger partial charge in [-0.1, -0.05) is 12.1 Å². The first-order valence-corrected chi connectivity index (χ1v) is 7.19. The Morgan fingerprint density at radius 1 is 1.37 bits per heavy atom. The third kappa shape index (κ3) is 2.27. The minimum Gasteiger partial charge on any atom is -0.385 e. The monoisotopic (exact) mass is 273 g/mol. The summed E-state index contributed by atoms with van der Waals surface area (Å²) in [4.78, 5) is 8.77. The molecule has 0 aliphatic heterocycles. The van der Waals surface area contributed by atoms with Crippen molar-refractivity contribution in [2.24, 2.45) is 0 Å². The van der Waals surface area contributed by atoms with E-state index in [1.807, 2.05) is 23.6 Å². The quantitative estimate of drug-likeness (QED) is 0.795. The Kier molecular flexibility index (Phi) is 3.31. The first-order chi connectivity index (χ1) is 9.29. The number of aliphatic hydroxyl groups excluding tert-OH is 1. The van der Waals surface area contributed by atoms with Crippen molar-refractivity contribution < 1.29 is 5.11 Å². The summed E-state index contributed by atoms with van der Waals surface area (Å²) < 4.78 is 2.14. The van der Waals surface area contributed by atoms with E-state index in [-0.39, 0.29) is 0 Å². The second-order valence-corrected chi connectivity index (χ2v) is 5.28. The van der Waals surface area contributed by atoms with Crippen LogP contribution < -0.4 is 0 Å². The van der Waals surface area contributed by atoms with Crippen LogP contribution in [0.25, 0.3) is 11.0 Å². The highest BCUT2D eigenvalue weighted by Gasteiger charge is 2.16. The van der Waals surface area contributed by atoms with Gasteiger partial charge in [-0.15, -0.1) is 11.3 Å². The average Bonchev–Trinajstić information content (AvgIpc) is 3.05. The topological polar surface area (TPSA) is 50.9 Å². The maximum atomic E-state index is 10.2. The molecule has 0 fully saturated rings. The number of para-hydroxylation sites is 2. The number of fused-ring (bicyclic) bond motifs is 1. The summed E-state index contributed by atoms with van der Waals surface area (Å²) in [5.41, 5.74) is 2.09.